The molecule has 0 bridgehead atoms. The number of amides is 1. The highest BCUT2D eigenvalue weighted by molar-refractivity contribution is 5.75. The minimum Gasteiger partial charge on any atom is -0.388 e. The fourth-order valence-electron chi connectivity index (χ4n) is 3.09. The van der Waals surface area contributed by atoms with Gasteiger partial charge in [-0.15, -0.1) is 0 Å². The quantitative estimate of drug-likeness (QED) is 0.802. The van der Waals surface area contributed by atoms with Crippen LogP contribution in [-0.4, -0.2) is 36.4 Å². The first-order valence-electron chi connectivity index (χ1n) is 7.75. The normalized spacial score (nSPS) is 24.1. The van der Waals surface area contributed by atoms with Gasteiger partial charge in [0.2, 0.25) is 5.91 Å². The molecular weight excluding hydrogens is 242 g/mol. The van der Waals surface area contributed by atoms with Crippen LogP contribution in [-0.2, 0) is 9.53 Å². The van der Waals surface area contributed by atoms with E-state index in [0.29, 0.717) is 39.0 Å². The van der Waals surface area contributed by atoms with Crippen molar-refractivity contribution in [3.63, 3.8) is 0 Å². The van der Waals surface area contributed by atoms with Crippen LogP contribution in [0.15, 0.2) is 0 Å². The molecule has 0 spiro atoms. The van der Waals surface area contributed by atoms with Crippen LogP contribution in [0.1, 0.15) is 57.8 Å². The summed E-state index contributed by atoms with van der Waals surface area (Å²) < 4.78 is 5.23. The number of carbonyl (C=O) groups is 1. The van der Waals surface area contributed by atoms with E-state index in [1.807, 2.05) is 0 Å². The molecule has 2 fully saturated rings. The van der Waals surface area contributed by atoms with Crippen molar-refractivity contribution in [1.29, 1.82) is 0 Å². The highest BCUT2D eigenvalue weighted by Gasteiger charge is 2.30. The van der Waals surface area contributed by atoms with Crippen molar-refractivity contribution in [2.45, 2.75) is 63.4 Å². The third-order valence-corrected chi connectivity index (χ3v) is 4.54. The lowest BCUT2D eigenvalue weighted by Gasteiger charge is -2.32. The number of hydrogen-bond acceptors (Lipinski definition) is 3. The maximum absolute atomic E-state index is 11.8. The van der Waals surface area contributed by atoms with Crippen LogP contribution < -0.4 is 5.32 Å². The highest BCUT2D eigenvalue weighted by atomic mass is 16.5. The molecule has 2 aliphatic rings. The number of rotatable bonds is 5. The van der Waals surface area contributed by atoms with Gasteiger partial charge in [0.25, 0.3) is 0 Å². The van der Waals surface area contributed by atoms with E-state index in [2.05, 4.69) is 5.32 Å². The molecule has 4 nitrogen and oxygen atoms in total. The Balaban J connectivity index is 1.61. The second-order valence-electron chi connectivity index (χ2n) is 6.16. The topological polar surface area (TPSA) is 58.6 Å². The summed E-state index contributed by atoms with van der Waals surface area (Å²) in [6.07, 6.45) is 9.44. The summed E-state index contributed by atoms with van der Waals surface area (Å²) in [5, 5.41) is 13.1. The van der Waals surface area contributed by atoms with Crippen LogP contribution in [0.2, 0.25) is 0 Å². The summed E-state index contributed by atoms with van der Waals surface area (Å²) in [5.74, 6) is 0.830. The minimum absolute atomic E-state index is 0.0884. The van der Waals surface area contributed by atoms with E-state index < -0.39 is 5.60 Å². The largest absolute Gasteiger partial charge is 0.388 e. The van der Waals surface area contributed by atoms with Gasteiger partial charge in [-0.25, -0.2) is 0 Å². The second kappa shape index (κ2) is 7.25. The number of carbonyl (C=O) groups excluding carboxylic acids is 1. The molecule has 1 saturated heterocycles. The molecule has 4 heteroatoms. The first-order valence-corrected chi connectivity index (χ1v) is 7.75. The van der Waals surface area contributed by atoms with Crippen molar-refractivity contribution < 1.29 is 14.6 Å². The van der Waals surface area contributed by atoms with Crippen molar-refractivity contribution in [3.8, 4) is 0 Å². The molecule has 2 rings (SSSR count). The fourth-order valence-corrected chi connectivity index (χ4v) is 3.09. The average Bonchev–Trinajstić information content (AvgIpc) is 2.45. The van der Waals surface area contributed by atoms with E-state index >= 15 is 0 Å². The van der Waals surface area contributed by atoms with E-state index in [0.717, 1.165) is 12.3 Å². The molecule has 1 aliphatic carbocycles. The third-order valence-electron chi connectivity index (χ3n) is 4.54. The first-order chi connectivity index (χ1) is 9.18. The van der Waals surface area contributed by atoms with Gasteiger partial charge in [-0.3, -0.25) is 4.79 Å². The molecule has 0 aromatic heterocycles. The summed E-state index contributed by atoms with van der Waals surface area (Å²) in [4.78, 5) is 11.8. The van der Waals surface area contributed by atoms with Gasteiger partial charge in [-0.05, 0) is 12.3 Å². The smallest absolute Gasteiger partial charge is 0.220 e. The molecule has 1 aliphatic heterocycles. The van der Waals surface area contributed by atoms with Crippen LogP contribution >= 0.6 is 0 Å². The van der Waals surface area contributed by atoms with Gasteiger partial charge in [0.05, 0.1) is 5.60 Å². The summed E-state index contributed by atoms with van der Waals surface area (Å²) in [6.45, 7) is 1.56. The molecule has 0 unspecified atom stereocenters. The molecule has 1 heterocycles. The average molecular weight is 269 g/mol. The summed E-state index contributed by atoms with van der Waals surface area (Å²) in [6, 6.07) is 0. The maximum atomic E-state index is 11.8. The Morgan fingerprint density at radius 2 is 1.89 bits per heavy atom. The Morgan fingerprint density at radius 1 is 1.21 bits per heavy atom. The van der Waals surface area contributed by atoms with Crippen molar-refractivity contribution >= 4 is 5.91 Å². The predicted octanol–water partition coefficient (Wildman–Crippen LogP) is 2.00. The third kappa shape index (κ3) is 5.11. The molecule has 2 N–H and O–H groups in total. The number of hydrogen-bond donors (Lipinski definition) is 2. The zero-order valence-electron chi connectivity index (χ0n) is 11.8. The van der Waals surface area contributed by atoms with Crippen LogP contribution in [0.25, 0.3) is 0 Å². The lowest BCUT2D eigenvalue weighted by Crippen LogP contribution is -2.46. The molecule has 0 aromatic rings. The Kier molecular flexibility index (Phi) is 5.64. The zero-order valence-corrected chi connectivity index (χ0v) is 11.8. The lowest BCUT2D eigenvalue weighted by molar-refractivity contribution is -0.124. The van der Waals surface area contributed by atoms with Crippen LogP contribution in [0.5, 0.6) is 0 Å². The van der Waals surface area contributed by atoms with E-state index in [1.54, 1.807) is 0 Å². The zero-order chi connectivity index (χ0) is 13.6. The van der Waals surface area contributed by atoms with Crippen molar-refractivity contribution in [3.05, 3.63) is 0 Å². The Morgan fingerprint density at radius 3 is 2.58 bits per heavy atom. The molecule has 0 radical (unpaired) electrons. The summed E-state index contributed by atoms with van der Waals surface area (Å²) in [5.41, 5.74) is -0.751. The first kappa shape index (κ1) is 14.8. The molecule has 0 aromatic carbocycles. The SMILES string of the molecule is O=C(CCC1CCCCC1)NCC1(O)CCOCC1. The molecule has 1 saturated carbocycles. The van der Waals surface area contributed by atoms with Gasteiger partial charge in [-0.2, -0.15) is 0 Å². The summed E-state index contributed by atoms with van der Waals surface area (Å²) in [7, 11) is 0. The van der Waals surface area contributed by atoms with Gasteiger partial charge in [0.1, 0.15) is 0 Å². The molecule has 110 valence electrons. The van der Waals surface area contributed by atoms with Gasteiger partial charge in [-0.1, -0.05) is 32.1 Å². The maximum Gasteiger partial charge on any atom is 0.220 e. The van der Waals surface area contributed by atoms with Gasteiger partial charge in [0.15, 0.2) is 0 Å². The van der Waals surface area contributed by atoms with Gasteiger partial charge >= 0.3 is 0 Å². The Labute approximate surface area is 115 Å². The van der Waals surface area contributed by atoms with E-state index in [9.17, 15) is 9.90 Å². The van der Waals surface area contributed by atoms with Crippen LogP contribution in [0.4, 0.5) is 0 Å². The Hall–Kier alpha value is -0.610. The van der Waals surface area contributed by atoms with Gasteiger partial charge < -0.3 is 15.2 Å². The highest BCUT2D eigenvalue weighted by Crippen LogP contribution is 2.27. The molecular formula is C15H27NO3. The minimum atomic E-state index is -0.751. The van der Waals surface area contributed by atoms with Gasteiger partial charge in [0, 0.05) is 39.0 Å². The molecule has 19 heavy (non-hydrogen) atoms. The van der Waals surface area contributed by atoms with Crippen molar-refractivity contribution in [2.75, 3.05) is 19.8 Å². The number of aliphatic hydroxyl groups is 1. The number of nitrogens with one attached hydrogen (secondary N) is 1. The predicted molar refractivity (Wildman–Crippen MR) is 73.8 cm³/mol. The Bertz CT molecular complexity index is 281. The fraction of sp³-hybridized carbons (Fsp3) is 0.933. The molecule has 0 atom stereocenters. The second-order valence-corrected chi connectivity index (χ2v) is 6.16. The van der Waals surface area contributed by atoms with Crippen LogP contribution in [0, 0.1) is 5.92 Å². The summed E-state index contributed by atoms with van der Waals surface area (Å²) >= 11 is 0. The van der Waals surface area contributed by atoms with E-state index in [4.69, 9.17) is 4.74 Å². The lowest BCUT2D eigenvalue weighted by atomic mass is 9.86. The monoisotopic (exact) mass is 269 g/mol. The van der Waals surface area contributed by atoms with Crippen LogP contribution in [0.3, 0.4) is 0 Å². The van der Waals surface area contributed by atoms with Crippen molar-refractivity contribution in [1.82, 2.24) is 5.32 Å². The number of ether oxygens (including phenoxy) is 1. The molecule has 1 amide bonds. The van der Waals surface area contributed by atoms with E-state index in [1.165, 1.54) is 32.1 Å². The van der Waals surface area contributed by atoms with E-state index in [-0.39, 0.29) is 5.91 Å². The van der Waals surface area contributed by atoms with Crippen molar-refractivity contribution in [2.24, 2.45) is 5.92 Å². The standard InChI is InChI=1S/C15H27NO3/c17-14(7-6-13-4-2-1-3-5-13)16-12-15(18)8-10-19-11-9-15/h13,18H,1-12H2,(H,16,17).